The van der Waals surface area contributed by atoms with Gasteiger partial charge in [-0.2, -0.15) is 0 Å². The number of thiazole rings is 1. The number of carbonyl (C=O) groups is 1. The molecule has 0 fully saturated rings. The number of carboxylic acid groups (broad SMARTS) is 1. The predicted octanol–water partition coefficient (Wildman–Crippen LogP) is 3.14. The summed E-state index contributed by atoms with van der Waals surface area (Å²) in [6.45, 7) is 2.31. The first kappa shape index (κ1) is 15.1. The first-order valence-corrected chi connectivity index (χ1v) is 7.09. The number of aryl methyl sites for hydroxylation is 1. The Bertz CT molecular complexity index is 663. The Kier molecular flexibility index (Phi) is 4.94. The number of carboxylic acids is 1. The molecule has 1 aromatic heterocycles. The standard InChI is InChI=1S/C15H15NO4S/c1-10-16-12(9-21-10)8-20-13-5-3-11(4-6-15(17)18)7-14(13)19-2/h3-7,9H,8H2,1-2H3,(H,17,18). The average molecular weight is 305 g/mol. The number of benzene rings is 1. The minimum absolute atomic E-state index is 0.366. The Hall–Kier alpha value is -2.34. The van der Waals surface area contributed by atoms with Gasteiger partial charge in [0.25, 0.3) is 0 Å². The van der Waals surface area contributed by atoms with Gasteiger partial charge in [-0.05, 0) is 30.7 Å². The summed E-state index contributed by atoms with van der Waals surface area (Å²) >= 11 is 1.57. The zero-order valence-corrected chi connectivity index (χ0v) is 12.5. The number of aromatic nitrogens is 1. The Labute approximate surface area is 126 Å². The second-order valence-corrected chi connectivity index (χ2v) is 5.29. The number of ether oxygens (including phenoxy) is 2. The van der Waals surface area contributed by atoms with Crippen LogP contribution in [0.2, 0.25) is 0 Å². The van der Waals surface area contributed by atoms with Gasteiger partial charge in [0.2, 0.25) is 0 Å². The largest absolute Gasteiger partial charge is 0.493 e. The van der Waals surface area contributed by atoms with Crippen molar-refractivity contribution >= 4 is 23.4 Å². The topological polar surface area (TPSA) is 68.7 Å². The highest BCUT2D eigenvalue weighted by atomic mass is 32.1. The van der Waals surface area contributed by atoms with E-state index in [-0.39, 0.29) is 0 Å². The molecule has 0 aliphatic carbocycles. The molecule has 0 aliphatic rings. The molecule has 0 radical (unpaired) electrons. The number of aliphatic carboxylic acids is 1. The molecule has 5 nitrogen and oxygen atoms in total. The van der Waals surface area contributed by atoms with Crippen LogP contribution >= 0.6 is 11.3 Å². The summed E-state index contributed by atoms with van der Waals surface area (Å²) in [5.41, 5.74) is 1.60. The van der Waals surface area contributed by atoms with Gasteiger partial charge in [0.1, 0.15) is 6.61 Å². The quantitative estimate of drug-likeness (QED) is 0.830. The summed E-state index contributed by atoms with van der Waals surface area (Å²) < 4.78 is 10.9. The molecule has 21 heavy (non-hydrogen) atoms. The fourth-order valence-electron chi connectivity index (χ4n) is 1.70. The second-order valence-electron chi connectivity index (χ2n) is 4.23. The third-order valence-corrected chi connectivity index (χ3v) is 3.47. The van der Waals surface area contributed by atoms with Crippen molar-refractivity contribution in [2.45, 2.75) is 13.5 Å². The number of methoxy groups -OCH3 is 1. The molecule has 0 aliphatic heterocycles. The second kappa shape index (κ2) is 6.90. The molecule has 1 heterocycles. The van der Waals surface area contributed by atoms with Crippen LogP contribution in [0.3, 0.4) is 0 Å². The Morgan fingerprint density at radius 2 is 2.24 bits per heavy atom. The van der Waals surface area contributed by atoms with Gasteiger partial charge < -0.3 is 14.6 Å². The average Bonchev–Trinajstić information content (AvgIpc) is 2.88. The third-order valence-electron chi connectivity index (χ3n) is 2.65. The van der Waals surface area contributed by atoms with Gasteiger partial charge in [0, 0.05) is 11.5 Å². The molecule has 0 saturated carbocycles. The van der Waals surface area contributed by atoms with E-state index in [1.54, 1.807) is 36.6 Å². The van der Waals surface area contributed by atoms with Crippen LogP contribution in [0.4, 0.5) is 0 Å². The van der Waals surface area contributed by atoms with E-state index in [9.17, 15) is 4.79 Å². The van der Waals surface area contributed by atoms with Crippen LogP contribution in [-0.2, 0) is 11.4 Å². The lowest BCUT2D eigenvalue weighted by Gasteiger charge is -2.10. The van der Waals surface area contributed by atoms with Crippen LogP contribution in [0.25, 0.3) is 6.08 Å². The minimum Gasteiger partial charge on any atom is -0.493 e. The molecule has 0 amide bonds. The summed E-state index contributed by atoms with van der Waals surface area (Å²) in [6.07, 6.45) is 2.58. The van der Waals surface area contributed by atoms with E-state index >= 15 is 0 Å². The Morgan fingerprint density at radius 3 is 2.86 bits per heavy atom. The lowest BCUT2D eigenvalue weighted by Crippen LogP contribution is -1.98. The van der Waals surface area contributed by atoms with E-state index in [1.807, 2.05) is 12.3 Å². The molecule has 2 aromatic rings. The van der Waals surface area contributed by atoms with Gasteiger partial charge in [0.15, 0.2) is 11.5 Å². The Balaban J connectivity index is 2.10. The first-order valence-electron chi connectivity index (χ1n) is 6.21. The van der Waals surface area contributed by atoms with Crippen LogP contribution in [0, 0.1) is 6.92 Å². The van der Waals surface area contributed by atoms with E-state index in [1.165, 1.54) is 6.08 Å². The molecule has 1 N–H and O–H groups in total. The van der Waals surface area contributed by atoms with Gasteiger partial charge in [-0.25, -0.2) is 9.78 Å². The fourth-order valence-corrected chi connectivity index (χ4v) is 2.30. The van der Waals surface area contributed by atoms with Crippen LogP contribution < -0.4 is 9.47 Å². The van der Waals surface area contributed by atoms with Gasteiger partial charge in [-0.3, -0.25) is 0 Å². The smallest absolute Gasteiger partial charge is 0.328 e. The van der Waals surface area contributed by atoms with Crippen molar-refractivity contribution in [3.05, 3.63) is 45.9 Å². The number of nitrogens with zero attached hydrogens (tertiary/aromatic N) is 1. The van der Waals surface area contributed by atoms with Crippen molar-refractivity contribution in [1.82, 2.24) is 4.98 Å². The van der Waals surface area contributed by atoms with Crippen molar-refractivity contribution in [2.75, 3.05) is 7.11 Å². The highest BCUT2D eigenvalue weighted by molar-refractivity contribution is 7.09. The van der Waals surface area contributed by atoms with Crippen molar-refractivity contribution in [2.24, 2.45) is 0 Å². The highest BCUT2D eigenvalue weighted by Gasteiger charge is 2.06. The molecular weight excluding hydrogens is 290 g/mol. The number of hydrogen-bond acceptors (Lipinski definition) is 5. The van der Waals surface area contributed by atoms with E-state index < -0.39 is 5.97 Å². The minimum atomic E-state index is -0.992. The van der Waals surface area contributed by atoms with E-state index in [2.05, 4.69) is 4.98 Å². The number of rotatable bonds is 6. The highest BCUT2D eigenvalue weighted by Crippen LogP contribution is 2.29. The van der Waals surface area contributed by atoms with Crippen molar-refractivity contribution in [1.29, 1.82) is 0 Å². The van der Waals surface area contributed by atoms with E-state index in [0.29, 0.717) is 18.1 Å². The molecule has 0 spiro atoms. The Morgan fingerprint density at radius 1 is 1.43 bits per heavy atom. The van der Waals surface area contributed by atoms with E-state index in [0.717, 1.165) is 22.3 Å². The lowest BCUT2D eigenvalue weighted by atomic mass is 10.2. The molecule has 1 aromatic carbocycles. The summed E-state index contributed by atoms with van der Waals surface area (Å²) in [4.78, 5) is 14.8. The summed E-state index contributed by atoms with van der Waals surface area (Å²) in [5.74, 6) is 0.151. The SMILES string of the molecule is COc1cc(C=CC(=O)O)ccc1OCc1csc(C)n1. The number of hydrogen-bond donors (Lipinski definition) is 1. The summed E-state index contributed by atoms with van der Waals surface area (Å²) in [5, 5.41) is 11.6. The molecule has 110 valence electrons. The van der Waals surface area contributed by atoms with Gasteiger partial charge in [-0.15, -0.1) is 11.3 Å². The summed E-state index contributed by atoms with van der Waals surface area (Å²) in [7, 11) is 1.54. The maximum absolute atomic E-state index is 10.5. The molecule has 2 rings (SSSR count). The van der Waals surface area contributed by atoms with Crippen LogP contribution in [0.1, 0.15) is 16.3 Å². The normalized spacial score (nSPS) is 10.8. The predicted molar refractivity (Wildman–Crippen MR) is 80.8 cm³/mol. The molecule has 6 heteroatoms. The molecule has 0 saturated heterocycles. The molecular formula is C15H15NO4S. The van der Waals surface area contributed by atoms with E-state index in [4.69, 9.17) is 14.6 Å². The lowest BCUT2D eigenvalue weighted by molar-refractivity contribution is -0.131. The van der Waals surface area contributed by atoms with Crippen LogP contribution in [-0.4, -0.2) is 23.2 Å². The van der Waals surface area contributed by atoms with Gasteiger partial charge >= 0.3 is 5.97 Å². The summed E-state index contributed by atoms with van der Waals surface area (Å²) in [6, 6.07) is 5.24. The monoisotopic (exact) mass is 305 g/mol. The first-order chi connectivity index (χ1) is 10.1. The van der Waals surface area contributed by atoms with Crippen LogP contribution in [0.15, 0.2) is 29.7 Å². The third kappa shape index (κ3) is 4.32. The van der Waals surface area contributed by atoms with Gasteiger partial charge in [0.05, 0.1) is 17.8 Å². The van der Waals surface area contributed by atoms with Crippen molar-refractivity contribution in [3.63, 3.8) is 0 Å². The van der Waals surface area contributed by atoms with Crippen molar-refractivity contribution < 1.29 is 19.4 Å². The molecule has 0 bridgehead atoms. The fraction of sp³-hybridized carbons (Fsp3) is 0.200. The molecule has 0 unspecified atom stereocenters. The maximum atomic E-state index is 10.5. The zero-order chi connectivity index (χ0) is 15.2. The van der Waals surface area contributed by atoms with Gasteiger partial charge in [-0.1, -0.05) is 6.07 Å². The maximum Gasteiger partial charge on any atom is 0.328 e. The zero-order valence-electron chi connectivity index (χ0n) is 11.7. The molecule has 0 atom stereocenters. The van der Waals surface area contributed by atoms with Crippen molar-refractivity contribution in [3.8, 4) is 11.5 Å². The van der Waals surface area contributed by atoms with Crippen LogP contribution in [0.5, 0.6) is 11.5 Å².